The minimum atomic E-state index is -0.515. The molecule has 4 heteroatoms. The first kappa shape index (κ1) is 25.5. The SMILES string of the molecule is c1ccc(C2(c3ccccc3)c3cc(-c4ccc5ncncc5c4)ccc3-c3ccc(-c4ccc5ncncc5c4)cc32)cc1. The highest BCUT2D eigenvalue weighted by Gasteiger charge is 2.46. The summed E-state index contributed by atoms with van der Waals surface area (Å²) < 4.78 is 0. The van der Waals surface area contributed by atoms with Gasteiger partial charge in [-0.25, -0.2) is 19.9 Å². The lowest BCUT2D eigenvalue weighted by atomic mass is 9.67. The highest BCUT2D eigenvalue weighted by atomic mass is 14.8. The van der Waals surface area contributed by atoms with Gasteiger partial charge in [0.1, 0.15) is 12.7 Å². The van der Waals surface area contributed by atoms with E-state index in [1.54, 1.807) is 12.7 Å². The van der Waals surface area contributed by atoms with E-state index in [1.165, 1.54) is 44.5 Å². The van der Waals surface area contributed by atoms with Gasteiger partial charge in [-0.15, -0.1) is 0 Å². The molecular formula is C41H26N4. The van der Waals surface area contributed by atoms with Crippen LogP contribution >= 0.6 is 0 Å². The van der Waals surface area contributed by atoms with E-state index in [0.717, 1.165) is 32.9 Å². The van der Waals surface area contributed by atoms with Crippen LogP contribution in [0.25, 0.3) is 55.2 Å². The molecule has 4 nitrogen and oxygen atoms in total. The van der Waals surface area contributed by atoms with Crippen molar-refractivity contribution in [3.63, 3.8) is 0 Å². The van der Waals surface area contributed by atoms with E-state index < -0.39 is 5.41 Å². The van der Waals surface area contributed by atoms with Gasteiger partial charge in [0.15, 0.2) is 0 Å². The first-order valence-corrected chi connectivity index (χ1v) is 15.1. The Balaban J connectivity index is 1.32. The van der Waals surface area contributed by atoms with E-state index in [1.807, 2.05) is 12.4 Å². The highest BCUT2D eigenvalue weighted by molar-refractivity contribution is 5.92. The molecule has 6 aromatic carbocycles. The van der Waals surface area contributed by atoms with Crippen molar-refractivity contribution in [2.75, 3.05) is 0 Å². The molecule has 0 fully saturated rings. The summed E-state index contributed by atoms with van der Waals surface area (Å²) in [5.41, 5.74) is 13.5. The van der Waals surface area contributed by atoms with Crippen LogP contribution in [0, 0.1) is 0 Å². The van der Waals surface area contributed by atoms with Gasteiger partial charge in [-0.1, -0.05) is 97.1 Å². The predicted octanol–water partition coefficient (Wildman–Crippen LogP) is 9.27. The smallest absolute Gasteiger partial charge is 0.116 e. The Morgan fingerprint density at radius 1 is 0.400 bits per heavy atom. The molecule has 2 aromatic heterocycles. The Morgan fingerprint density at radius 3 is 1.29 bits per heavy atom. The van der Waals surface area contributed by atoms with Crippen LogP contribution in [-0.4, -0.2) is 19.9 Å². The maximum atomic E-state index is 4.44. The van der Waals surface area contributed by atoms with Gasteiger partial charge in [0.05, 0.1) is 16.4 Å². The number of benzene rings is 6. The summed E-state index contributed by atoms with van der Waals surface area (Å²) in [5, 5.41) is 2.06. The number of nitrogens with zero attached hydrogens (tertiary/aromatic N) is 4. The minimum Gasteiger partial charge on any atom is -0.244 e. The fraction of sp³-hybridized carbons (Fsp3) is 0.0244. The van der Waals surface area contributed by atoms with Crippen molar-refractivity contribution in [2.24, 2.45) is 0 Å². The lowest BCUT2D eigenvalue weighted by Gasteiger charge is -2.34. The number of hydrogen-bond acceptors (Lipinski definition) is 4. The zero-order valence-electron chi connectivity index (χ0n) is 24.3. The second-order valence-corrected chi connectivity index (χ2v) is 11.6. The summed E-state index contributed by atoms with van der Waals surface area (Å²) in [6.07, 6.45) is 6.97. The molecule has 2 heterocycles. The third kappa shape index (κ3) is 3.93. The number of fused-ring (bicyclic) bond motifs is 5. The van der Waals surface area contributed by atoms with Crippen LogP contribution in [0.1, 0.15) is 22.3 Å². The fourth-order valence-electron chi connectivity index (χ4n) is 7.18. The second-order valence-electron chi connectivity index (χ2n) is 11.6. The minimum absolute atomic E-state index is 0.515. The normalized spacial score (nSPS) is 13.1. The number of rotatable bonds is 4. The van der Waals surface area contributed by atoms with Crippen molar-refractivity contribution in [1.82, 2.24) is 19.9 Å². The molecule has 8 aromatic rings. The van der Waals surface area contributed by atoms with Crippen molar-refractivity contribution < 1.29 is 0 Å². The molecule has 0 saturated carbocycles. The Kier molecular flexibility index (Phi) is 5.69. The molecule has 45 heavy (non-hydrogen) atoms. The quantitative estimate of drug-likeness (QED) is 0.210. The van der Waals surface area contributed by atoms with Crippen LogP contribution in [0.5, 0.6) is 0 Å². The van der Waals surface area contributed by atoms with Gasteiger partial charge in [0.2, 0.25) is 0 Å². The maximum absolute atomic E-state index is 4.44. The standard InChI is InChI=1S/C41H26N4/c1-3-7-33(8-4-1)41(34-9-5-2-6-10-34)37-21-29(27-13-17-39-31(19-27)23-42-25-44-39)11-15-35(37)36-16-12-30(22-38(36)41)28-14-18-40-32(20-28)24-43-26-45-40/h1-26H. The molecule has 0 spiro atoms. The summed E-state index contributed by atoms with van der Waals surface area (Å²) >= 11 is 0. The van der Waals surface area contributed by atoms with Crippen molar-refractivity contribution >= 4 is 21.8 Å². The zero-order valence-corrected chi connectivity index (χ0v) is 24.3. The van der Waals surface area contributed by atoms with E-state index in [4.69, 9.17) is 0 Å². The Morgan fingerprint density at radius 2 is 0.822 bits per heavy atom. The summed E-state index contributed by atoms with van der Waals surface area (Å²) in [6, 6.07) is 48.6. The first-order chi connectivity index (χ1) is 22.3. The molecule has 0 saturated heterocycles. The van der Waals surface area contributed by atoms with E-state index in [2.05, 4.69) is 153 Å². The third-order valence-corrected chi connectivity index (χ3v) is 9.23. The average molecular weight is 575 g/mol. The van der Waals surface area contributed by atoms with E-state index in [0.29, 0.717) is 0 Å². The summed E-state index contributed by atoms with van der Waals surface area (Å²) in [4.78, 5) is 17.4. The molecule has 0 unspecified atom stereocenters. The topological polar surface area (TPSA) is 51.6 Å². The van der Waals surface area contributed by atoms with Crippen molar-refractivity contribution in [2.45, 2.75) is 5.41 Å². The molecule has 1 aliphatic rings. The van der Waals surface area contributed by atoms with Gasteiger partial charge >= 0.3 is 0 Å². The van der Waals surface area contributed by atoms with Crippen LogP contribution in [0.4, 0.5) is 0 Å². The molecule has 0 atom stereocenters. The maximum Gasteiger partial charge on any atom is 0.116 e. The number of hydrogen-bond donors (Lipinski definition) is 0. The zero-order chi connectivity index (χ0) is 29.8. The molecule has 0 bridgehead atoms. The van der Waals surface area contributed by atoms with Crippen LogP contribution in [-0.2, 0) is 5.41 Å². The van der Waals surface area contributed by atoms with Crippen LogP contribution < -0.4 is 0 Å². The Hall–Kier alpha value is -6.00. The summed E-state index contributed by atoms with van der Waals surface area (Å²) in [7, 11) is 0. The Labute approximate surface area is 260 Å². The van der Waals surface area contributed by atoms with Crippen LogP contribution in [0.3, 0.4) is 0 Å². The van der Waals surface area contributed by atoms with Crippen molar-refractivity contribution in [3.05, 3.63) is 181 Å². The fourth-order valence-corrected chi connectivity index (χ4v) is 7.18. The molecule has 0 N–H and O–H groups in total. The van der Waals surface area contributed by atoms with Gasteiger partial charge in [-0.05, 0) is 92.0 Å². The molecule has 0 amide bonds. The van der Waals surface area contributed by atoms with Crippen molar-refractivity contribution in [1.29, 1.82) is 0 Å². The third-order valence-electron chi connectivity index (χ3n) is 9.23. The van der Waals surface area contributed by atoms with Gasteiger partial charge in [0, 0.05) is 23.2 Å². The summed E-state index contributed by atoms with van der Waals surface area (Å²) in [5.74, 6) is 0. The van der Waals surface area contributed by atoms with Crippen LogP contribution in [0.2, 0.25) is 0 Å². The van der Waals surface area contributed by atoms with Gasteiger partial charge < -0.3 is 0 Å². The average Bonchev–Trinajstić information content (AvgIpc) is 3.41. The van der Waals surface area contributed by atoms with E-state index in [-0.39, 0.29) is 0 Å². The molecule has 0 aliphatic heterocycles. The number of aromatic nitrogens is 4. The van der Waals surface area contributed by atoms with E-state index in [9.17, 15) is 0 Å². The van der Waals surface area contributed by atoms with E-state index >= 15 is 0 Å². The molecule has 210 valence electrons. The molecule has 0 radical (unpaired) electrons. The molecule has 9 rings (SSSR count). The second kappa shape index (κ2) is 10.0. The van der Waals surface area contributed by atoms with Gasteiger partial charge in [-0.3, -0.25) is 0 Å². The molecule has 1 aliphatic carbocycles. The van der Waals surface area contributed by atoms with Crippen LogP contribution in [0.15, 0.2) is 159 Å². The first-order valence-electron chi connectivity index (χ1n) is 15.1. The molecular weight excluding hydrogens is 548 g/mol. The van der Waals surface area contributed by atoms with Gasteiger partial charge in [-0.2, -0.15) is 0 Å². The monoisotopic (exact) mass is 574 g/mol. The van der Waals surface area contributed by atoms with Gasteiger partial charge in [0.25, 0.3) is 0 Å². The highest BCUT2D eigenvalue weighted by Crippen LogP contribution is 2.57. The van der Waals surface area contributed by atoms with Crippen molar-refractivity contribution in [3.8, 4) is 33.4 Å². The summed E-state index contributed by atoms with van der Waals surface area (Å²) in [6.45, 7) is 0. The lowest BCUT2D eigenvalue weighted by Crippen LogP contribution is -2.28. The largest absolute Gasteiger partial charge is 0.244 e. The Bertz CT molecular complexity index is 2210. The lowest BCUT2D eigenvalue weighted by molar-refractivity contribution is 0.769. The predicted molar refractivity (Wildman–Crippen MR) is 181 cm³/mol.